The molecule has 3 heterocycles. The minimum absolute atomic E-state index is 0.0276. The Kier molecular flexibility index (Phi) is 7.21. The molecule has 0 unspecified atom stereocenters. The molecule has 2 saturated heterocycles. The molecule has 12 heteroatoms. The number of pyridine rings is 1. The monoisotopic (exact) mass is 530 g/mol. The highest BCUT2D eigenvalue weighted by atomic mass is 32.1. The van der Waals surface area contributed by atoms with Crippen molar-refractivity contribution in [1.82, 2.24) is 19.7 Å². The van der Waals surface area contributed by atoms with Crippen LogP contribution in [-0.4, -0.2) is 81.4 Å². The Hall–Kier alpha value is -3.56. The van der Waals surface area contributed by atoms with Crippen molar-refractivity contribution in [3.05, 3.63) is 59.4 Å². The molecule has 0 atom stereocenters. The standard InChI is InChI=1S/C25H25F3N6O2S/c1-24(2)22(36)34(19-4-3-18(16-29)20(15-19)25(26,27)28)23(37)33(24)14-11-31-9-12-32(13-10-31)21(35)17-5-7-30-8-6-17/h3-8,15H,9-14H2,1-2H3. The molecule has 2 fully saturated rings. The van der Waals surface area contributed by atoms with Crippen molar-refractivity contribution in [2.24, 2.45) is 0 Å². The number of rotatable bonds is 5. The molecule has 2 aliphatic heterocycles. The maximum absolute atomic E-state index is 13.5. The van der Waals surface area contributed by atoms with E-state index < -0.39 is 28.7 Å². The quantitative estimate of drug-likeness (QED) is 0.550. The molecule has 194 valence electrons. The summed E-state index contributed by atoms with van der Waals surface area (Å²) >= 11 is 5.55. The fourth-order valence-corrected chi connectivity index (χ4v) is 5.04. The maximum atomic E-state index is 13.5. The number of alkyl halides is 3. The van der Waals surface area contributed by atoms with Gasteiger partial charge in [0, 0.05) is 57.2 Å². The number of piperazine rings is 1. The number of nitriles is 1. The average Bonchev–Trinajstić information content (AvgIpc) is 3.05. The fourth-order valence-electron chi connectivity index (χ4n) is 4.53. The van der Waals surface area contributed by atoms with Crippen LogP contribution in [0.15, 0.2) is 42.7 Å². The third-order valence-corrected chi connectivity index (χ3v) is 7.14. The molecule has 37 heavy (non-hydrogen) atoms. The first kappa shape index (κ1) is 26.5. The van der Waals surface area contributed by atoms with Crippen LogP contribution in [0.25, 0.3) is 0 Å². The first-order valence-electron chi connectivity index (χ1n) is 11.6. The predicted octanol–water partition coefficient (Wildman–Crippen LogP) is 3.14. The van der Waals surface area contributed by atoms with Gasteiger partial charge in [0.1, 0.15) is 5.54 Å². The number of carbonyl (C=O) groups is 2. The van der Waals surface area contributed by atoms with Gasteiger partial charge in [-0.3, -0.25) is 24.4 Å². The molecular formula is C25H25F3N6O2S. The van der Waals surface area contributed by atoms with E-state index in [1.165, 1.54) is 6.07 Å². The van der Waals surface area contributed by atoms with Gasteiger partial charge in [-0.2, -0.15) is 18.4 Å². The van der Waals surface area contributed by atoms with Crippen molar-refractivity contribution in [3.8, 4) is 6.07 Å². The third kappa shape index (κ3) is 5.14. The van der Waals surface area contributed by atoms with Crippen LogP contribution >= 0.6 is 12.2 Å². The van der Waals surface area contributed by atoms with Crippen molar-refractivity contribution in [2.75, 3.05) is 44.2 Å². The zero-order chi connectivity index (χ0) is 27.0. The number of anilines is 1. The lowest BCUT2D eigenvalue weighted by atomic mass is 10.0. The van der Waals surface area contributed by atoms with Crippen molar-refractivity contribution in [1.29, 1.82) is 5.26 Å². The Balaban J connectivity index is 1.43. The summed E-state index contributed by atoms with van der Waals surface area (Å²) in [7, 11) is 0. The lowest BCUT2D eigenvalue weighted by Crippen LogP contribution is -2.52. The molecule has 1 aromatic carbocycles. The molecule has 1 aromatic heterocycles. The predicted molar refractivity (Wildman–Crippen MR) is 134 cm³/mol. The zero-order valence-corrected chi connectivity index (χ0v) is 21.1. The average molecular weight is 531 g/mol. The van der Waals surface area contributed by atoms with Crippen LogP contribution < -0.4 is 4.90 Å². The van der Waals surface area contributed by atoms with E-state index in [-0.39, 0.29) is 16.7 Å². The molecule has 8 nitrogen and oxygen atoms in total. The fraction of sp³-hybridized carbons (Fsp3) is 0.400. The Morgan fingerprint density at radius 1 is 1.11 bits per heavy atom. The highest BCUT2D eigenvalue weighted by Gasteiger charge is 2.49. The van der Waals surface area contributed by atoms with Crippen LogP contribution in [0.5, 0.6) is 0 Å². The molecular weight excluding hydrogens is 505 g/mol. The molecule has 4 rings (SSSR count). The van der Waals surface area contributed by atoms with Crippen LogP contribution in [0.2, 0.25) is 0 Å². The van der Waals surface area contributed by atoms with E-state index in [4.69, 9.17) is 17.5 Å². The smallest absolute Gasteiger partial charge is 0.336 e. The van der Waals surface area contributed by atoms with Gasteiger partial charge in [-0.25, -0.2) is 0 Å². The molecule has 0 N–H and O–H groups in total. The molecule has 2 aromatic rings. The molecule has 0 spiro atoms. The number of aromatic nitrogens is 1. The summed E-state index contributed by atoms with van der Waals surface area (Å²) in [5.74, 6) is -0.492. The Bertz CT molecular complexity index is 1250. The summed E-state index contributed by atoms with van der Waals surface area (Å²) in [5, 5.41) is 9.18. The van der Waals surface area contributed by atoms with E-state index in [1.807, 2.05) is 0 Å². The summed E-state index contributed by atoms with van der Waals surface area (Å²) in [6.45, 7) is 6.68. The minimum Gasteiger partial charge on any atom is -0.336 e. The number of benzene rings is 1. The molecule has 2 amide bonds. The normalized spacial score (nSPS) is 18.3. The number of carbonyl (C=O) groups excluding carboxylic acids is 2. The molecule has 0 saturated carbocycles. The number of hydrogen-bond acceptors (Lipinski definition) is 6. The topological polar surface area (TPSA) is 83.8 Å². The SMILES string of the molecule is CC1(C)C(=O)N(c2ccc(C#N)c(C(F)(F)F)c2)C(=S)N1CCN1CCN(C(=O)c2ccncc2)CC1. The van der Waals surface area contributed by atoms with Gasteiger partial charge in [0.05, 0.1) is 22.9 Å². The van der Waals surface area contributed by atoms with Crippen molar-refractivity contribution < 1.29 is 22.8 Å². The maximum Gasteiger partial charge on any atom is 0.417 e. The van der Waals surface area contributed by atoms with E-state index in [2.05, 4.69) is 9.88 Å². The minimum atomic E-state index is -4.75. The number of nitrogens with zero attached hydrogens (tertiary/aromatic N) is 6. The van der Waals surface area contributed by atoms with Gasteiger partial charge in [-0.15, -0.1) is 0 Å². The van der Waals surface area contributed by atoms with Gasteiger partial charge in [0.15, 0.2) is 5.11 Å². The van der Waals surface area contributed by atoms with E-state index in [0.29, 0.717) is 44.8 Å². The van der Waals surface area contributed by atoms with Crippen LogP contribution in [-0.2, 0) is 11.0 Å². The van der Waals surface area contributed by atoms with E-state index in [9.17, 15) is 22.8 Å². The van der Waals surface area contributed by atoms with Crippen molar-refractivity contribution in [2.45, 2.75) is 25.6 Å². The summed E-state index contributed by atoms with van der Waals surface area (Å²) < 4.78 is 40.5. The molecule has 0 aliphatic carbocycles. The van der Waals surface area contributed by atoms with E-state index >= 15 is 0 Å². The first-order valence-corrected chi connectivity index (χ1v) is 12.0. The number of halogens is 3. The van der Waals surface area contributed by atoms with E-state index in [1.54, 1.807) is 54.2 Å². The van der Waals surface area contributed by atoms with Gasteiger partial charge in [0.25, 0.3) is 11.8 Å². The number of thiocarbonyl (C=S) groups is 1. The number of hydrogen-bond donors (Lipinski definition) is 0. The highest BCUT2D eigenvalue weighted by molar-refractivity contribution is 7.80. The van der Waals surface area contributed by atoms with Gasteiger partial charge in [0.2, 0.25) is 0 Å². The van der Waals surface area contributed by atoms with Crippen LogP contribution in [0, 0.1) is 11.3 Å². The second-order valence-electron chi connectivity index (χ2n) is 9.34. The van der Waals surface area contributed by atoms with Crippen LogP contribution in [0.3, 0.4) is 0 Å². The summed E-state index contributed by atoms with van der Waals surface area (Å²) in [6.07, 6.45) is -1.59. The Morgan fingerprint density at radius 2 is 1.76 bits per heavy atom. The number of amides is 2. The van der Waals surface area contributed by atoms with Crippen molar-refractivity contribution >= 4 is 34.8 Å². The zero-order valence-electron chi connectivity index (χ0n) is 20.3. The molecule has 2 aliphatic rings. The van der Waals surface area contributed by atoms with Gasteiger partial charge in [-0.05, 0) is 56.4 Å². The summed E-state index contributed by atoms with van der Waals surface area (Å²) in [5.41, 5.74) is -2.14. The lowest BCUT2D eigenvalue weighted by Gasteiger charge is -2.37. The van der Waals surface area contributed by atoms with Crippen LogP contribution in [0.4, 0.5) is 18.9 Å². The lowest BCUT2D eigenvalue weighted by molar-refractivity contribution is -0.137. The van der Waals surface area contributed by atoms with Gasteiger partial charge < -0.3 is 9.80 Å². The van der Waals surface area contributed by atoms with E-state index in [0.717, 1.165) is 17.0 Å². The first-order chi connectivity index (χ1) is 17.4. The second-order valence-corrected chi connectivity index (χ2v) is 9.71. The molecule has 0 bridgehead atoms. The largest absolute Gasteiger partial charge is 0.417 e. The second kappa shape index (κ2) is 10.1. The Morgan fingerprint density at radius 3 is 2.35 bits per heavy atom. The van der Waals surface area contributed by atoms with Crippen molar-refractivity contribution in [3.63, 3.8) is 0 Å². The Labute approximate surface area is 217 Å². The highest BCUT2D eigenvalue weighted by Crippen LogP contribution is 2.37. The van der Waals surface area contributed by atoms with Crippen LogP contribution in [0.1, 0.15) is 35.3 Å². The third-order valence-electron chi connectivity index (χ3n) is 6.74. The van der Waals surface area contributed by atoms with Gasteiger partial charge >= 0.3 is 6.18 Å². The summed E-state index contributed by atoms with van der Waals surface area (Å²) in [4.78, 5) is 36.6. The summed E-state index contributed by atoms with van der Waals surface area (Å²) in [6, 6.07) is 8.05. The van der Waals surface area contributed by atoms with Gasteiger partial charge in [-0.1, -0.05) is 0 Å². The molecule has 0 radical (unpaired) electrons.